The fraction of sp³-hybridized carbons (Fsp3) is 0.412. The van der Waals surface area contributed by atoms with E-state index in [-0.39, 0.29) is 11.7 Å². The van der Waals surface area contributed by atoms with Crippen molar-refractivity contribution in [1.29, 1.82) is 0 Å². The zero-order valence-electron chi connectivity index (χ0n) is 13.9. The van der Waals surface area contributed by atoms with Gasteiger partial charge in [0.1, 0.15) is 0 Å². The van der Waals surface area contributed by atoms with Crippen molar-refractivity contribution in [3.05, 3.63) is 47.3 Å². The highest BCUT2D eigenvalue weighted by molar-refractivity contribution is 5.95. The van der Waals surface area contributed by atoms with Crippen LogP contribution in [0.1, 0.15) is 34.8 Å². The minimum atomic E-state index is -1.25. The summed E-state index contributed by atoms with van der Waals surface area (Å²) in [6.07, 6.45) is 4.01. The second-order valence-electron chi connectivity index (χ2n) is 6.23. The van der Waals surface area contributed by atoms with E-state index in [1.54, 1.807) is 24.1 Å². The molecule has 1 aromatic carbocycles. The molecule has 1 aliphatic carbocycles. The molecular formula is C17H19F2N3O3. The fourth-order valence-corrected chi connectivity index (χ4v) is 3.06. The van der Waals surface area contributed by atoms with Gasteiger partial charge in [-0.3, -0.25) is 9.48 Å². The molecule has 0 saturated heterocycles. The first-order valence-corrected chi connectivity index (χ1v) is 7.90. The monoisotopic (exact) mass is 351 g/mol. The summed E-state index contributed by atoms with van der Waals surface area (Å²) < 4.78 is 34.3. The molecule has 1 fully saturated rings. The van der Waals surface area contributed by atoms with Gasteiger partial charge in [-0.1, -0.05) is 0 Å². The summed E-state index contributed by atoms with van der Waals surface area (Å²) in [4.78, 5) is 12.5. The molecule has 1 saturated carbocycles. The molecule has 6 nitrogen and oxygen atoms in total. The second kappa shape index (κ2) is 6.79. The average Bonchev–Trinajstić information content (AvgIpc) is 2.98. The van der Waals surface area contributed by atoms with Crippen molar-refractivity contribution in [1.82, 2.24) is 15.1 Å². The molecule has 8 heteroatoms. The summed E-state index contributed by atoms with van der Waals surface area (Å²) in [6, 6.07) is 1.95. The van der Waals surface area contributed by atoms with E-state index in [1.807, 2.05) is 0 Å². The lowest BCUT2D eigenvalue weighted by molar-refractivity contribution is 0.0234. The molecule has 0 spiro atoms. The summed E-state index contributed by atoms with van der Waals surface area (Å²) in [5.41, 5.74) is 0.356. The quantitative estimate of drug-likeness (QED) is 0.863. The number of aryl methyl sites for hydroxylation is 1. The Labute approximate surface area is 143 Å². The van der Waals surface area contributed by atoms with Crippen LogP contribution in [0, 0.1) is 17.6 Å². The molecule has 3 rings (SSSR count). The van der Waals surface area contributed by atoms with E-state index < -0.39 is 35.3 Å². The van der Waals surface area contributed by atoms with Gasteiger partial charge in [-0.25, -0.2) is 4.39 Å². The van der Waals surface area contributed by atoms with Crippen LogP contribution in [0.2, 0.25) is 0 Å². The topological polar surface area (TPSA) is 76.4 Å². The van der Waals surface area contributed by atoms with Gasteiger partial charge in [-0.05, 0) is 30.9 Å². The van der Waals surface area contributed by atoms with Crippen molar-refractivity contribution in [2.75, 3.05) is 7.11 Å². The van der Waals surface area contributed by atoms with E-state index in [4.69, 9.17) is 4.74 Å². The Hall–Kier alpha value is -2.48. The summed E-state index contributed by atoms with van der Waals surface area (Å²) in [5, 5.41) is 16.4. The number of carbonyl (C=O) groups excluding carboxylic acids is 1. The Balaban J connectivity index is 1.84. The fourth-order valence-electron chi connectivity index (χ4n) is 3.06. The van der Waals surface area contributed by atoms with Crippen molar-refractivity contribution in [2.24, 2.45) is 13.0 Å². The van der Waals surface area contributed by atoms with Crippen LogP contribution in [-0.2, 0) is 7.05 Å². The van der Waals surface area contributed by atoms with Crippen LogP contribution in [0.3, 0.4) is 0 Å². The van der Waals surface area contributed by atoms with Gasteiger partial charge in [0.15, 0.2) is 11.6 Å². The number of aliphatic hydroxyl groups is 1. The van der Waals surface area contributed by atoms with E-state index >= 15 is 0 Å². The van der Waals surface area contributed by atoms with Crippen LogP contribution in [0.15, 0.2) is 24.5 Å². The molecule has 2 aromatic rings. The third-order valence-electron chi connectivity index (χ3n) is 4.50. The lowest BCUT2D eigenvalue weighted by Gasteiger charge is -2.37. The van der Waals surface area contributed by atoms with Crippen molar-refractivity contribution in [2.45, 2.75) is 25.0 Å². The number of rotatable bonds is 5. The Bertz CT molecular complexity index is 787. The van der Waals surface area contributed by atoms with Crippen LogP contribution in [0.25, 0.3) is 0 Å². The molecule has 1 aromatic heterocycles. The van der Waals surface area contributed by atoms with E-state index in [1.165, 1.54) is 19.2 Å². The number of aromatic nitrogens is 2. The average molecular weight is 351 g/mol. The van der Waals surface area contributed by atoms with Crippen LogP contribution >= 0.6 is 0 Å². The maximum Gasteiger partial charge on any atom is 0.254 e. The van der Waals surface area contributed by atoms with E-state index in [9.17, 15) is 18.7 Å². The molecule has 2 N–H and O–H groups in total. The number of nitrogens with one attached hydrogen (secondary N) is 1. The second-order valence-corrected chi connectivity index (χ2v) is 6.23. The minimum Gasteiger partial charge on any atom is -0.494 e. The Morgan fingerprint density at radius 2 is 2.12 bits per heavy atom. The number of carbonyl (C=O) groups is 1. The van der Waals surface area contributed by atoms with Gasteiger partial charge in [0.25, 0.3) is 5.91 Å². The first-order chi connectivity index (χ1) is 11.9. The predicted molar refractivity (Wildman–Crippen MR) is 85.1 cm³/mol. The third kappa shape index (κ3) is 3.34. The molecule has 25 heavy (non-hydrogen) atoms. The number of methoxy groups -OCH3 is 1. The van der Waals surface area contributed by atoms with Crippen LogP contribution in [0.4, 0.5) is 8.78 Å². The van der Waals surface area contributed by atoms with E-state index in [0.717, 1.165) is 5.56 Å². The van der Waals surface area contributed by atoms with Gasteiger partial charge in [0.05, 0.1) is 31.0 Å². The molecular weight excluding hydrogens is 332 g/mol. The van der Waals surface area contributed by atoms with Crippen molar-refractivity contribution in [3.8, 4) is 5.75 Å². The summed E-state index contributed by atoms with van der Waals surface area (Å²) in [5.74, 6) is -3.44. The number of halogens is 2. The van der Waals surface area contributed by atoms with Crippen LogP contribution < -0.4 is 10.1 Å². The third-order valence-corrected chi connectivity index (χ3v) is 4.50. The Morgan fingerprint density at radius 1 is 1.40 bits per heavy atom. The van der Waals surface area contributed by atoms with Gasteiger partial charge in [-0.2, -0.15) is 9.49 Å². The zero-order valence-corrected chi connectivity index (χ0v) is 13.9. The van der Waals surface area contributed by atoms with Crippen molar-refractivity contribution in [3.63, 3.8) is 0 Å². The SMILES string of the molecule is COc1ccc(C(=O)N[C@H](c2cnn(C)c2)C2CC(O)C2)c(F)c1F. The molecule has 134 valence electrons. The minimum absolute atomic E-state index is 0.00862. The largest absolute Gasteiger partial charge is 0.494 e. The lowest BCUT2D eigenvalue weighted by atomic mass is 9.75. The number of amides is 1. The number of aliphatic hydroxyl groups excluding tert-OH is 1. The van der Waals surface area contributed by atoms with E-state index in [2.05, 4.69) is 10.4 Å². The van der Waals surface area contributed by atoms with Gasteiger partial charge < -0.3 is 15.2 Å². The predicted octanol–water partition coefficient (Wildman–Crippen LogP) is 1.95. The summed E-state index contributed by atoms with van der Waals surface area (Å²) in [6.45, 7) is 0. The number of benzene rings is 1. The first kappa shape index (κ1) is 17.3. The molecule has 0 bridgehead atoms. The Kier molecular flexibility index (Phi) is 4.71. The van der Waals surface area contributed by atoms with Gasteiger partial charge in [0, 0.05) is 18.8 Å². The van der Waals surface area contributed by atoms with Crippen LogP contribution in [0.5, 0.6) is 5.75 Å². The maximum absolute atomic E-state index is 14.1. The number of ether oxygens (including phenoxy) is 1. The molecule has 1 aliphatic rings. The van der Waals surface area contributed by atoms with Crippen LogP contribution in [-0.4, -0.2) is 34.0 Å². The van der Waals surface area contributed by atoms with Gasteiger partial charge in [-0.15, -0.1) is 0 Å². The molecule has 0 radical (unpaired) electrons. The highest BCUT2D eigenvalue weighted by Crippen LogP contribution is 2.38. The van der Waals surface area contributed by atoms with Gasteiger partial charge in [0.2, 0.25) is 5.82 Å². The van der Waals surface area contributed by atoms with E-state index in [0.29, 0.717) is 12.8 Å². The number of nitrogens with zero attached hydrogens (tertiary/aromatic N) is 2. The molecule has 0 aliphatic heterocycles. The summed E-state index contributed by atoms with van der Waals surface area (Å²) >= 11 is 0. The molecule has 1 amide bonds. The number of hydrogen-bond acceptors (Lipinski definition) is 4. The standard InChI is InChI=1S/C17H19F2N3O3/c1-22-8-10(7-20-22)16(9-5-11(23)6-9)21-17(24)12-3-4-13(25-2)15(19)14(12)18/h3-4,7-9,11,16,23H,5-6H2,1-2H3,(H,21,24)/t9?,11?,16-/m0/s1. The molecule has 0 unspecified atom stereocenters. The van der Waals surface area contributed by atoms with Crippen molar-refractivity contribution < 1.29 is 23.4 Å². The highest BCUT2D eigenvalue weighted by Gasteiger charge is 2.36. The van der Waals surface area contributed by atoms with Crippen molar-refractivity contribution >= 4 is 5.91 Å². The lowest BCUT2D eigenvalue weighted by Crippen LogP contribution is -2.41. The molecule has 1 atom stereocenters. The zero-order chi connectivity index (χ0) is 18.1. The normalized spacial score (nSPS) is 20.7. The Morgan fingerprint density at radius 3 is 2.68 bits per heavy atom. The molecule has 1 heterocycles. The smallest absolute Gasteiger partial charge is 0.254 e. The first-order valence-electron chi connectivity index (χ1n) is 7.90. The van der Waals surface area contributed by atoms with Gasteiger partial charge >= 0.3 is 0 Å². The maximum atomic E-state index is 14.1. The highest BCUT2D eigenvalue weighted by atomic mass is 19.2. The number of hydrogen-bond donors (Lipinski definition) is 2. The summed E-state index contributed by atoms with van der Waals surface area (Å²) in [7, 11) is 2.97.